The van der Waals surface area contributed by atoms with Gasteiger partial charge in [0.2, 0.25) is 5.91 Å². The van der Waals surface area contributed by atoms with E-state index >= 15 is 0 Å². The molecular formula is C40H79N2O7P. The van der Waals surface area contributed by atoms with Gasteiger partial charge in [-0.15, -0.1) is 0 Å². The standard InChI is InChI=1S/C40H79N2O7P/c1-3-5-7-9-11-13-14-15-16-17-18-19-20-21-22-24-26-28-30-32-39(44)38(36-49-50(46,47)48-34-33-41)42-40(45)35-37(43)31-29-27-25-23-12-10-8-6-4-2/h22,24,30,32,37-39,43-44H,3-21,23,25-29,31,33-36,41H2,1-2H3,(H,42,45)(H,46,47)/b24-22+,32-30+. The molecule has 296 valence electrons. The third-order valence-electron chi connectivity index (χ3n) is 9.08. The van der Waals surface area contributed by atoms with Gasteiger partial charge in [0.05, 0.1) is 37.9 Å². The van der Waals surface area contributed by atoms with Crippen LogP contribution in [0.25, 0.3) is 0 Å². The molecule has 1 amide bonds. The monoisotopic (exact) mass is 731 g/mol. The van der Waals surface area contributed by atoms with Crippen LogP contribution in [-0.2, 0) is 18.4 Å². The number of carbonyl (C=O) groups excluding carboxylic acids is 1. The van der Waals surface area contributed by atoms with Gasteiger partial charge < -0.3 is 26.2 Å². The van der Waals surface area contributed by atoms with Gasteiger partial charge in [0.25, 0.3) is 0 Å². The third-order valence-corrected chi connectivity index (χ3v) is 10.1. The molecule has 0 saturated heterocycles. The number of nitrogens with one attached hydrogen (secondary N) is 1. The van der Waals surface area contributed by atoms with Crippen molar-refractivity contribution in [2.75, 3.05) is 19.8 Å². The average Bonchev–Trinajstić information content (AvgIpc) is 3.09. The molecule has 0 bridgehead atoms. The minimum absolute atomic E-state index is 0.0458. The van der Waals surface area contributed by atoms with E-state index in [4.69, 9.17) is 14.8 Å². The molecule has 0 radical (unpaired) electrons. The second-order valence-corrected chi connectivity index (χ2v) is 15.5. The van der Waals surface area contributed by atoms with E-state index in [0.29, 0.717) is 12.8 Å². The summed E-state index contributed by atoms with van der Waals surface area (Å²) in [4.78, 5) is 22.6. The number of unbranched alkanes of at least 4 members (excludes halogenated alkanes) is 22. The van der Waals surface area contributed by atoms with Crippen LogP contribution in [0.1, 0.15) is 187 Å². The summed E-state index contributed by atoms with van der Waals surface area (Å²) in [5, 5.41) is 23.9. The molecule has 4 unspecified atom stereocenters. The summed E-state index contributed by atoms with van der Waals surface area (Å²) in [7, 11) is -4.40. The van der Waals surface area contributed by atoms with Crippen molar-refractivity contribution in [2.45, 2.75) is 205 Å². The van der Waals surface area contributed by atoms with Crippen molar-refractivity contribution in [3.8, 4) is 0 Å². The van der Waals surface area contributed by atoms with E-state index in [1.807, 2.05) is 6.08 Å². The van der Waals surface area contributed by atoms with E-state index in [2.05, 4.69) is 31.3 Å². The predicted molar refractivity (Wildman–Crippen MR) is 209 cm³/mol. The lowest BCUT2D eigenvalue weighted by atomic mass is 10.0. The Labute approximate surface area is 307 Å². The molecule has 0 aromatic heterocycles. The van der Waals surface area contributed by atoms with Gasteiger partial charge in [-0.3, -0.25) is 13.8 Å². The number of hydrogen-bond acceptors (Lipinski definition) is 7. The highest BCUT2D eigenvalue weighted by molar-refractivity contribution is 7.47. The lowest BCUT2D eigenvalue weighted by Gasteiger charge is -2.24. The number of phosphoric acid groups is 1. The summed E-state index contributed by atoms with van der Waals surface area (Å²) >= 11 is 0. The van der Waals surface area contributed by atoms with E-state index in [9.17, 15) is 24.5 Å². The molecule has 0 rings (SSSR count). The Morgan fingerprint density at radius 1 is 0.680 bits per heavy atom. The van der Waals surface area contributed by atoms with Gasteiger partial charge in [0, 0.05) is 6.54 Å². The van der Waals surface area contributed by atoms with Crippen molar-refractivity contribution >= 4 is 13.7 Å². The van der Waals surface area contributed by atoms with Crippen molar-refractivity contribution < 1.29 is 33.5 Å². The first-order chi connectivity index (χ1) is 24.3. The van der Waals surface area contributed by atoms with Crippen LogP contribution in [0.2, 0.25) is 0 Å². The zero-order valence-corrected chi connectivity index (χ0v) is 33.1. The van der Waals surface area contributed by atoms with Crippen molar-refractivity contribution in [2.24, 2.45) is 5.73 Å². The molecule has 0 heterocycles. The Bertz CT molecular complexity index is 858. The van der Waals surface area contributed by atoms with E-state index in [1.54, 1.807) is 6.08 Å². The van der Waals surface area contributed by atoms with Gasteiger partial charge >= 0.3 is 7.82 Å². The zero-order chi connectivity index (χ0) is 37.0. The molecule has 0 aromatic rings. The topological polar surface area (TPSA) is 151 Å². The first-order valence-corrected chi connectivity index (χ1v) is 22.0. The minimum atomic E-state index is -4.40. The lowest BCUT2D eigenvalue weighted by molar-refractivity contribution is -0.124. The van der Waals surface area contributed by atoms with Crippen molar-refractivity contribution in [3.63, 3.8) is 0 Å². The maximum Gasteiger partial charge on any atom is 0.472 e. The maximum absolute atomic E-state index is 12.7. The number of phosphoric ester groups is 1. The first-order valence-electron chi connectivity index (χ1n) is 20.5. The molecule has 9 nitrogen and oxygen atoms in total. The predicted octanol–water partition coefficient (Wildman–Crippen LogP) is 9.97. The van der Waals surface area contributed by atoms with Crippen LogP contribution in [0, 0.1) is 0 Å². The van der Waals surface area contributed by atoms with E-state index in [-0.39, 0.29) is 19.6 Å². The van der Waals surface area contributed by atoms with Crippen LogP contribution >= 0.6 is 7.82 Å². The number of rotatable bonds is 38. The number of aliphatic hydroxyl groups is 2. The SMILES string of the molecule is CCCCCCCCCCCCCCC/C=C/CC/C=C/C(O)C(COP(=O)(O)OCCN)NC(=O)CC(O)CCCCCCCCCCC. The third kappa shape index (κ3) is 34.0. The summed E-state index contributed by atoms with van der Waals surface area (Å²) in [5.41, 5.74) is 5.35. The summed E-state index contributed by atoms with van der Waals surface area (Å²) < 4.78 is 22.0. The summed E-state index contributed by atoms with van der Waals surface area (Å²) in [6, 6.07) is -0.994. The fourth-order valence-corrected chi connectivity index (χ4v) is 6.72. The average molecular weight is 731 g/mol. The molecule has 0 aliphatic heterocycles. The highest BCUT2D eigenvalue weighted by atomic mass is 31.2. The van der Waals surface area contributed by atoms with Gasteiger partial charge in [0.1, 0.15) is 0 Å². The van der Waals surface area contributed by atoms with Gasteiger partial charge in [-0.1, -0.05) is 173 Å². The van der Waals surface area contributed by atoms with Crippen molar-refractivity contribution in [3.05, 3.63) is 24.3 Å². The van der Waals surface area contributed by atoms with Crippen molar-refractivity contribution in [1.82, 2.24) is 5.32 Å². The van der Waals surface area contributed by atoms with Gasteiger partial charge in [-0.2, -0.15) is 0 Å². The quantitative estimate of drug-likeness (QED) is 0.0239. The molecule has 10 heteroatoms. The van der Waals surface area contributed by atoms with E-state index < -0.39 is 38.6 Å². The Kier molecular flexibility index (Phi) is 35.5. The normalized spacial score (nSPS) is 15.1. The molecule has 6 N–H and O–H groups in total. The molecule has 0 spiro atoms. The highest BCUT2D eigenvalue weighted by Crippen LogP contribution is 2.43. The fourth-order valence-electron chi connectivity index (χ4n) is 5.96. The Balaban J connectivity index is 4.38. The molecule has 0 aliphatic rings. The second kappa shape index (κ2) is 36.3. The number of hydrogen-bond donors (Lipinski definition) is 5. The molecular weight excluding hydrogens is 651 g/mol. The Morgan fingerprint density at radius 2 is 1.14 bits per heavy atom. The fraction of sp³-hybridized carbons (Fsp3) is 0.875. The number of carbonyl (C=O) groups is 1. The first kappa shape index (κ1) is 48.9. The minimum Gasteiger partial charge on any atom is -0.393 e. The van der Waals surface area contributed by atoms with Gasteiger partial charge in [-0.05, 0) is 32.1 Å². The second-order valence-electron chi connectivity index (χ2n) is 14.0. The molecule has 0 saturated carbocycles. The molecule has 50 heavy (non-hydrogen) atoms. The number of allylic oxidation sites excluding steroid dienone is 3. The summed E-state index contributed by atoms with van der Waals surface area (Å²) in [6.45, 7) is 3.93. The lowest BCUT2D eigenvalue weighted by Crippen LogP contribution is -2.46. The smallest absolute Gasteiger partial charge is 0.393 e. The zero-order valence-electron chi connectivity index (χ0n) is 32.3. The van der Waals surface area contributed by atoms with Crippen LogP contribution in [0.15, 0.2) is 24.3 Å². The Morgan fingerprint density at radius 3 is 1.66 bits per heavy atom. The van der Waals surface area contributed by atoms with Crippen molar-refractivity contribution in [1.29, 1.82) is 0 Å². The van der Waals surface area contributed by atoms with Gasteiger partial charge in [0.15, 0.2) is 0 Å². The number of aliphatic hydroxyl groups excluding tert-OH is 2. The Hall–Kier alpha value is -1.06. The number of nitrogens with two attached hydrogens (primary N) is 1. The van der Waals surface area contributed by atoms with Crippen LogP contribution in [0.4, 0.5) is 0 Å². The van der Waals surface area contributed by atoms with Crippen LogP contribution < -0.4 is 11.1 Å². The highest BCUT2D eigenvalue weighted by Gasteiger charge is 2.27. The van der Waals surface area contributed by atoms with Crippen LogP contribution in [0.5, 0.6) is 0 Å². The van der Waals surface area contributed by atoms with Crippen LogP contribution in [-0.4, -0.2) is 59.0 Å². The molecule has 0 fully saturated rings. The van der Waals surface area contributed by atoms with E-state index in [1.165, 1.54) is 122 Å². The number of amides is 1. The largest absolute Gasteiger partial charge is 0.472 e. The summed E-state index contributed by atoms with van der Waals surface area (Å²) in [6.07, 6.45) is 37.0. The van der Waals surface area contributed by atoms with Crippen LogP contribution in [0.3, 0.4) is 0 Å². The maximum atomic E-state index is 12.7. The summed E-state index contributed by atoms with van der Waals surface area (Å²) in [5.74, 6) is -0.457. The molecule has 4 atom stereocenters. The molecule has 0 aliphatic carbocycles. The van der Waals surface area contributed by atoms with Gasteiger partial charge in [-0.25, -0.2) is 4.57 Å². The molecule has 0 aromatic carbocycles. The van der Waals surface area contributed by atoms with E-state index in [0.717, 1.165) is 32.1 Å².